The fourth-order valence-electron chi connectivity index (χ4n) is 1.56. The summed E-state index contributed by atoms with van der Waals surface area (Å²) < 4.78 is 23.3. The molecule has 0 atom stereocenters. The molecule has 0 unspecified atom stereocenters. The molecule has 1 fully saturated rings. The van der Waals surface area contributed by atoms with Crippen LogP contribution in [-0.4, -0.2) is 35.6 Å². The third kappa shape index (κ3) is 3.67. The second kappa shape index (κ2) is 5.37. The zero-order valence-corrected chi connectivity index (χ0v) is 11.7. The largest absolute Gasteiger partial charge is 0.410 e. The van der Waals surface area contributed by atoms with Gasteiger partial charge in [0.2, 0.25) is 10.8 Å². The second-order valence-electron chi connectivity index (χ2n) is 4.46. The summed E-state index contributed by atoms with van der Waals surface area (Å²) in [6.07, 6.45) is 3.02. The van der Waals surface area contributed by atoms with Crippen LogP contribution in [0, 0.1) is 16.0 Å². The van der Waals surface area contributed by atoms with E-state index in [4.69, 9.17) is 10.7 Å². The van der Waals surface area contributed by atoms with Crippen molar-refractivity contribution in [1.82, 2.24) is 15.1 Å². The lowest BCUT2D eigenvalue weighted by Crippen LogP contribution is -2.29. The number of rotatable bonds is 6. The molecular formula is C9H11ClN4O5S. The number of hydrogen-bond donors (Lipinski definition) is 1. The maximum atomic E-state index is 11.6. The van der Waals surface area contributed by atoms with Crippen LogP contribution >= 0.6 is 10.7 Å². The van der Waals surface area contributed by atoms with Gasteiger partial charge >= 0.3 is 5.82 Å². The first-order chi connectivity index (χ1) is 9.27. The highest BCUT2D eigenvalue weighted by molar-refractivity contribution is 8.13. The minimum absolute atomic E-state index is 0.306. The third-order valence-corrected chi connectivity index (χ3v) is 4.05. The van der Waals surface area contributed by atoms with E-state index >= 15 is 0 Å². The second-order valence-corrected chi connectivity index (χ2v) is 6.99. The Labute approximate surface area is 118 Å². The topological polar surface area (TPSA) is 124 Å². The first kappa shape index (κ1) is 14.7. The number of carbonyl (C=O) groups is 1. The lowest BCUT2D eigenvalue weighted by molar-refractivity contribution is -0.392. The van der Waals surface area contributed by atoms with Crippen molar-refractivity contribution in [3.63, 3.8) is 0 Å². The Kier molecular flexibility index (Phi) is 3.95. The molecular weight excluding hydrogens is 312 g/mol. The molecule has 1 aromatic heterocycles. The van der Waals surface area contributed by atoms with Crippen LogP contribution in [0.2, 0.25) is 0 Å². The molecule has 0 spiro atoms. The first-order valence-electron chi connectivity index (χ1n) is 5.70. The summed E-state index contributed by atoms with van der Waals surface area (Å²) in [5, 5.41) is 16.8. The van der Waals surface area contributed by atoms with Crippen LogP contribution in [0.5, 0.6) is 0 Å². The fourth-order valence-corrected chi connectivity index (χ4v) is 2.46. The van der Waals surface area contributed by atoms with Crippen LogP contribution in [-0.2, 0) is 20.4 Å². The fraction of sp³-hybridized carbons (Fsp3) is 0.556. The van der Waals surface area contributed by atoms with Gasteiger partial charge in [-0.25, -0.2) is 8.42 Å². The molecule has 1 heterocycles. The van der Waals surface area contributed by atoms with Gasteiger partial charge in [0.1, 0.15) is 6.54 Å². The van der Waals surface area contributed by atoms with Gasteiger partial charge < -0.3 is 15.4 Å². The Morgan fingerprint density at radius 2 is 2.25 bits per heavy atom. The van der Waals surface area contributed by atoms with Crippen LogP contribution in [0.25, 0.3) is 0 Å². The number of nitrogens with one attached hydrogen (secondary N) is 1. The molecule has 20 heavy (non-hydrogen) atoms. The quantitative estimate of drug-likeness (QED) is 0.454. The highest BCUT2D eigenvalue weighted by atomic mass is 35.7. The van der Waals surface area contributed by atoms with Crippen molar-refractivity contribution in [2.24, 2.45) is 5.92 Å². The number of nitro groups is 1. The standard InChI is InChI=1S/C9H11ClN4O5S/c10-20(18,19)7-4-13(12-9(7)14(16)17)5-8(15)11-3-6-1-2-6/h4,6H,1-3,5H2,(H,11,15). The van der Waals surface area contributed by atoms with Gasteiger partial charge in [-0.3, -0.25) is 4.79 Å². The molecule has 1 aliphatic rings. The van der Waals surface area contributed by atoms with Crippen LogP contribution in [0.4, 0.5) is 5.82 Å². The SMILES string of the molecule is O=C(Cn1cc(S(=O)(=O)Cl)c([N+](=O)[O-])n1)NCC1CC1. The lowest BCUT2D eigenvalue weighted by Gasteiger charge is -2.01. The highest BCUT2D eigenvalue weighted by Crippen LogP contribution is 2.27. The number of hydrogen-bond acceptors (Lipinski definition) is 6. The third-order valence-electron chi connectivity index (χ3n) is 2.74. The van der Waals surface area contributed by atoms with E-state index in [9.17, 15) is 23.3 Å². The minimum Gasteiger partial charge on any atom is -0.358 e. The normalized spacial score (nSPS) is 15.1. The molecule has 0 radical (unpaired) electrons. The molecule has 9 nitrogen and oxygen atoms in total. The number of amides is 1. The summed E-state index contributed by atoms with van der Waals surface area (Å²) in [5.74, 6) is -0.799. The number of halogens is 1. The van der Waals surface area contributed by atoms with Gasteiger partial charge in [0.05, 0.1) is 11.3 Å². The van der Waals surface area contributed by atoms with Gasteiger partial charge in [-0.15, -0.1) is 0 Å². The van der Waals surface area contributed by atoms with Gasteiger partial charge in [-0.1, -0.05) is 0 Å². The smallest absolute Gasteiger partial charge is 0.358 e. The Balaban J connectivity index is 2.11. The molecule has 1 aliphatic carbocycles. The Morgan fingerprint density at radius 3 is 2.70 bits per heavy atom. The zero-order valence-electron chi connectivity index (χ0n) is 10.2. The average molecular weight is 323 g/mol. The Hall–Kier alpha value is -1.68. The molecule has 2 rings (SSSR count). The van der Waals surface area contributed by atoms with E-state index in [0.29, 0.717) is 12.5 Å². The molecule has 0 aliphatic heterocycles. The average Bonchev–Trinajstić information content (AvgIpc) is 3.04. The molecule has 1 amide bonds. The molecule has 0 aromatic carbocycles. The number of nitrogens with zero attached hydrogens (tertiary/aromatic N) is 3. The molecule has 1 saturated carbocycles. The van der Waals surface area contributed by atoms with Crippen molar-refractivity contribution in [3.8, 4) is 0 Å². The number of aromatic nitrogens is 2. The van der Waals surface area contributed by atoms with E-state index in [1.54, 1.807) is 0 Å². The van der Waals surface area contributed by atoms with E-state index in [-0.39, 0.29) is 6.54 Å². The zero-order chi connectivity index (χ0) is 14.9. The summed E-state index contributed by atoms with van der Waals surface area (Å²) in [7, 11) is 0.789. The van der Waals surface area contributed by atoms with E-state index in [1.807, 2.05) is 0 Å². The van der Waals surface area contributed by atoms with Crippen molar-refractivity contribution in [2.75, 3.05) is 6.54 Å². The molecule has 0 bridgehead atoms. The van der Waals surface area contributed by atoms with E-state index in [0.717, 1.165) is 23.7 Å². The molecule has 1 N–H and O–H groups in total. The predicted molar refractivity (Wildman–Crippen MR) is 67.7 cm³/mol. The van der Waals surface area contributed by atoms with Crippen LogP contribution in [0.1, 0.15) is 12.8 Å². The summed E-state index contributed by atoms with van der Waals surface area (Å²) in [5.41, 5.74) is 0. The van der Waals surface area contributed by atoms with E-state index in [1.165, 1.54) is 0 Å². The molecule has 110 valence electrons. The Bertz CT molecular complexity index is 651. The van der Waals surface area contributed by atoms with Crippen molar-refractivity contribution < 1.29 is 18.1 Å². The summed E-state index contributed by atoms with van der Waals surface area (Å²) in [4.78, 5) is 20.6. The van der Waals surface area contributed by atoms with Gasteiger partial charge in [-0.05, 0) is 23.7 Å². The summed E-state index contributed by atoms with van der Waals surface area (Å²) >= 11 is 0. The van der Waals surface area contributed by atoms with Crippen molar-refractivity contribution in [1.29, 1.82) is 0 Å². The maximum absolute atomic E-state index is 11.6. The monoisotopic (exact) mass is 322 g/mol. The minimum atomic E-state index is -4.29. The summed E-state index contributed by atoms with van der Waals surface area (Å²) in [6, 6.07) is 0. The van der Waals surface area contributed by atoms with Crippen LogP contribution in [0.3, 0.4) is 0 Å². The van der Waals surface area contributed by atoms with E-state index in [2.05, 4.69) is 10.4 Å². The van der Waals surface area contributed by atoms with Gasteiger partial charge in [0.25, 0.3) is 9.05 Å². The maximum Gasteiger partial charge on any atom is 0.410 e. The van der Waals surface area contributed by atoms with E-state index < -0.39 is 30.6 Å². The van der Waals surface area contributed by atoms with Crippen molar-refractivity contribution in [3.05, 3.63) is 16.3 Å². The Morgan fingerprint density at radius 1 is 1.60 bits per heavy atom. The van der Waals surface area contributed by atoms with Crippen LogP contribution in [0.15, 0.2) is 11.1 Å². The number of carbonyl (C=O) groups excluding carboxylic acids is 1. The van der Waals surface area contributed by atoms with Gasteiger partial charge in [-0.2, -0.15) is 4.68 Å². The van der Waals surface area contributed by atoms with Crippen molar-refractivity contribution in [2.45, 2.75) is 24.3 Å². The molecule has 11 heteroatoms. The molecule has 1 aromatic rings. The first-order valence-corrected chi connectivity index (χ1v) is 8.01. The van der Waals surface area contributed by atoms with Crippen LogP contribution < -0.4 is 5.32 Å². The van der Waals surface area contributed by atoms with Crippen molar-refractivity contribution >= 4 is 31.5 Å². The lowest BCUT2D eigenvalue weighted by atomic mass is 10.4. The van der Waals surface area contributed by atoms with Gasteiger partial charge in [0.15, 0.2) is 0 Å². The highest BCUT2D eigenvalue weighted by Gasteiger charge is 2.30. The predicted octanol–water partition coefficient (Wildman–Crippen LogP) is 0.245. The molecule has 0 saturated heterocycles. The summed E-state index contributed by atoms with van der Waals surface area (Å²) in [6.45, 7) is 0.239. The van der Waals surface area contributed by atoms with Gasteiger partial charge in [0, 0.05) is 17.2 Å².